The van der Waals surface area contributed by atoms with Crippen LogP contribution in [0.15, 0.2) is 48.7 Å². The van der Waals surface area contributed by atoms with Crippen molar-refractivity contribution in [3.05, 3.63) is 54.2 Å². The van der Waals surface area contributed by atoms with E-state index in [1.807, 2.05) is 30.5 Å². The largest absolute Gasteiger partial charge is 0.497 e. The molecule has 0 fully saturated rings. The van der Waals surface area contributed by atoms with Crippen LogP contribution in [0.5, 0.6) is 5.75 Å². The fourth-order valence-corrected chi connectivity index (χ4v) is 2.66. The first-order valence-electron chi connectivity index (χ1n) is 10.7. The predicted octanol–water partition coefficient (Wildman–Crippen LogP) is 2.87. The Balaban J connectivity index is 0.000000732. The number of benzene rings is 1. The van der Waals surface area contributed by atoms with Crippen LogP contribution in [0.2, 0.25) is 0 Å². The summed E-state index contributed by atoms with van der Waals surface area (Å²) in [6, 6.07) is 14.2. The van der Waals surface area contributed by atoms with Gasteiger partial charge in [-0.3, -0.25) is 16.1 Å². The summed E-state index contributed by atoms with van der Waals surface area (Å²) in [5.74, 6) is 1.77. The first-order valence-corrected chi connectivity index (χ1v) is 10.7. The molecule has 0 radical (unpaired) electrons. The van der Waals surface area contributed by atoms with E-state index in [4.69, 9.17) is 21.3 Å². The van der Waals surface area contributed by atoms with Gasteiger partial charge in [-0.1, -0.05) is 31.5 Å². The van der Waals surface area contributed by atoms with Crippen molar-refractivity contribution in [2.24, 2.45) is 5.73 Å². The molecule has 0 amide bonds. The first-order chi connectivity index (χ1) is 15.3. The Kier molecular flexibility index (Phi) is 15.9. The van der Waals surface area contributed by atoms with Gasteiger partial charge in [0.1, 0.15) is 11.6 Å². The Labute approximate surface area is 204 Å². The van der Waals surface area contributed by atoms with Crippen LogP contribution < -0.4 is 26.0 Å². The maximum atomic E-state index is 7.15. The number of halogens is 1. The Hall–Kier alpha value is -3.04. The summed E-state index contributed by atoms with van der Waals surface area (Å²) in [6.45, 7) is 5.59. The van der Waals surface area contributed by atoms with Crippen LogP contribution in [0.3, 0.4) is 0 Å². The number of rotatable bonds is 10. The van der Waals surface area contributed by atoms with Crippen molar-refractivity contribution in [2.75, 3.05) is 45.7 Å². The zero-order valence-corrected chi connectivity index (χ0v) is 20.9. The van der Waals surface area contributed by atoms with E-state index in [0.29, 0.717) is 0 Å². The summed E-state index contributed by atoms with van der Waals surface area (Å²) < 4.78 is 5.21. The minimum atomic E-state index is -0.209. The third-order valence-corrected chi connectivity index (χ3v) is 4.41. The van der Waals surface area contributed by atoms with Gasteiger partial charge in [0.05, 0.1) is 7.11 Å². The third-order valence-electron chi connectivity index (χ3n) is 4.41. The molecular weight excluding hydrogens is 440 g/mol. The van der Waals surface area contributed by atoms with Gasteiger partial charge in [-0.2, -0.15) is 0 Å². The molecule has 0 unspecified atom stereocenters. The SMILES string of the molecule is CCCCNC(=N)NC(=N)N.COc1ccc(CN(CCN(C)C)c2ccccn2)cc1.Cl. The summed E-state index contributed by atoms with van der Waals surface area (Å²) in [7, 11) is 5.86. The van der Waals surface area contributed by atoms with Crippen LogP contribution in [0.25, 0.3) is 0 Å². The van der Waals surface area contributed by atoms with Crippen molar-refractivity contribution in [3.8, 4) is 5.75 Å². The zero-order chi connectivity index (χ0) is 23.8. The molecule has 33 heavy (non-hydrogen) atoms. The van der Waals surface area contributed by atoms with Crippen LogP contribution in [0, 0.1) is 10.8 Å². The first kappa shape index (κ1) is 30.0. The molecule has 0 aliphatic heterocycles. The standard InChI is InChI=1S/C17H23N3O.C6H15N5.ClH/c1-19(2)12-13-20(17-6-4-5-11-18-17)14-15-7-9-16(21-3)10-8-15;1-2-3-4-10-6(9)11-5(7)8;/h4-11H,12-14H2,1-3H3;2-4H2,1H3,(H6,7,8,9,10,11);1H. The Morgan fingerprint density at radius 1 is 1.09 bits per heavy atom. The Bertz CT molecular complexity index is 787. The van der Waals surface area contributed by atoms with E-state index in [-0.39, 0.29) is 24.3 Å². The highest BCUT2D eigenvalue weighted by molar-refractivity contribution is 5.94. The van der Waals surface area contributed by atoms with Gasteiger partial charge in [0, 0.05) is 32.4 Å². The van der Waals surface area contributed by atoms with Crippen LogP contribution >= 0.6 is 12.4 Å². The number of guanidine groups is 2. The highest BCUT2D eigenvalue weighted by atomic mass is 35.5. The van der Waals surface area contributed by atoms with Crippen molar-refractivity contribution in [2.45, 2.75) is 26.3 Å². The number of unbranched alkanes of at least 4 members (excludes halogenated alkanes) is 1. The second kappa shape index (κ2) is 17.5. The molecule has 1 aromatic carbocycles. The number of anilines is 1. The summed E-state index contributed by atoms with van der Waals surface area (Å²) in [6.07, 6.45) is 3.94. The number of nitrogens with one attached hydrogen (secondary N) is 4. The fourth-order valence-electron chi connectivity index (χ4n) is 2.66. The van der Waals surface area contributed by atoms with Gasteiger partial charge in [-0.15, -0.1) is 12.4 Å². The summed E-state index contributed by atoms with van der Waals surface area (Å²) in [5, 5.41) is 19.0. The van der Waals surface area contributed by atoms with Gasteiger partial charge in [0.15, 0.2) is 11.9 Å². The smallest absolute Gasteiger partial charge is 0.195 e. The molecule has 0 saturated heterocycles. The van der Waals surface area contributed by atoms with Gasteiger partial charge < -0.3 is 25.6 Å². The number of nitrogens with zero attached hydrogens (tertiary/aromatic N) is 3. The highest BCUT2D eigenvalue weighted by Gasteiger charge is 2.09. The lowest BCUT2D eigenvalue weighted by atomic mass is 10.2. The molecule has 6 N–H and O–H groups in total. The fraction of sp³-hybridized carbons (Fsp3) is 0.435. The topological polar surface area (TPSA) is 126 Å². The molecule has 0 spiro atoms. The molecule has 0 bridgehead atoms. The predicted molar refractivity (Wildman–Crippen MR) is 140 cm³/mol. The van der Waals surface area contributed by atoms with E-state index >= 15 is 0 Å². The van der Waals surface area contributed by atoms with E-state index < -0.39 is 0 Å². The number of pyridine rings is 1. The Morgan fingerprint density at radius 3 is 2.30 bits per heavy atom. The molecule has 0 aliphatic carbocycles. The van der Waals surface area contributed by atoms with Crippen molar-refractivity contribution in [3.63, 3.8) is 0 Å². The van der Waals surface area contributed by atoms with Crippen molar-refractivity contribution in [1.82, 2.24) is 20.5 Å². The van der Waals surface area contributed by atoms with Gasteiger partial charge in [0.25, 0.3) is 0 Å². The van der Waals surface area contributed by atoms with Gasteiger partial charge in [0.2, 0.25) is 0 Å². The second-order valence-corrected chi connectivity index (χ2v) is 7.45. The van der Waals surface area contributed by atoms with Crippen molar-refractivity contribution in [1.29, 1.82) is 10.8 Å². The van der Waals surface area contributed by atoms with Gasteiger partial charge >= 0.3 is 0 Å². The second-order valence-electron chi connectivity index (χ2n) is 7.45. The molecule has 0 aliphatic rings. The average Bonchev–Trinajstić information content (AvgIpc) is 2.77. The molecule has 2 rings (SSSR count). The van der Waals surface area contributed by atoms with Crippen LogP contribution in [0.4, 0.5) is 5.82 Å². The number of aromatic nitrogens is 1. The normalized spacial score (nSPS) is 9.73. The van der Waals surface area contributed by atoms with E-state index in [2.05, 4.69) is 64.6 Å². The lowest BCUT2D eigenvalue weighted by molar-refractivity contribution is 0.411. The quantitative estimate of drug-likeness (QED) is 0.202. The minimum absolute atomic E-state index is 0. The van der Waals surface area contributed by atoms with Gasteiger partial charge in [-0.05, 0) is 50.3 Å². The molecule has 10 heteroatoms. The molecule has 2 aromatic rings. The van der Waals surface area contributed by atoms with E-state index in [1.54, 1.807) is 7.11 Å². The number of likely N-dealkylation sites (N-methyl/N-ethyl adjacent to an activating group) is 1. The molecular formula is C23H39ClN8O. The molecule has 0 saturated carbocycles. The monoisotopic (exact) mass is 478 g/mol. The van der Waals surface area contributed by atoms with Crippen molar-refractivity contribution >= 4 is 30.1 Å². The molecule has 1 heterocycles. The third kappa shape index (κ3) is 13.9. The van der Waals surface area contributed by atoms with E-state index in [9.17, 15) is 0 Å². The maximum absolute atomic E-state index is 7.15. The van der Waals surface area contributed by atoms with Crippen LogP contribution in [-0.4, -0.2) is 62.6 Å². The molecule has 1 aromatic heterocycles. The van der Waals surface area contributed by atoms with Crippen LogP contribution in [0.1, 0.15) is 25.3 Å². The van der Waals surface area contributed by atoms with Gasteiger partial charge in [-0.25, -0.2) is 4.98 Å². The molecule has 184 valence electrons. The highest BCUT2D eigenvalue weighted by Crippen LogP contribution is 2.16. The summed E-state index contributed by atoms with van der Waals surface area (Å²) in [5.41, 5.74) is 6.24. The number of methoxy groups -OCH3 is 1. The van der Waals surface area contributed by atoms with E-state index in [1.165, 1.54) is 5.56 Å². The number of hydrogen-bond acceptors (Lipinski definition) is 6. The summed E-state index contributed by atoms with van der Waals surface area (Å²) in [4.78, 5) is 8.95. The number of hydrogen-bond donors (Lipinski definition) is 5. The molecule has 0 atom stereocenters. The van der Waals surface area contributed by atoms with E-state index in [0.717, 1.165) is 50.6 Å². The average molecular weight is 479 g/mol. The number of ether oxygens (including phenoxy) is 1. The van der Waals surface area contributed by atoms with Crippen LogP contribution in [-0.2, 0) is 6.54 Å². The minimum Gasteiger partial charge on any atom is -0.497 e. The lowest BCUT2D eigenvalue weighted by Crippen LogP contribution is -2.43. The molecule has 9 nitrogen and oxygen atoms in total. The lowest BCUT2D eigenvalue weighted by Gasteiger charge is -2.25. The maximum Gasteiger partial charge on any atom is 0.195 e. The zero-order valence-electron chi connectivity index (χ0n) is 20.1. The Morgan fingerprint density at radius 2 is 1.79 bits per heavy atom. The van der Waals surface area contributed by atoms with Crippen molar-refractivity contribution < 1.29 is 4.74 Å². The number of nitrogens with two attached hydrogens (primary N) is 1. The summed E-state index contributed by atoms with van der Waals surface area (Å²) >= 11 is 0.